The molecule has 1 aliphatic heterocycles. The molecule has 2 aromatic carbocycles. The monoisotopic (exact) mass is 405 g/mol. The zero-order chi connectivity index (χ0) is 19.1. The number of hydrogen-bond donors (Lipinski definition) is 2. The Hall–Kier alpha value is -1.53. The van der Waals surface area contributed by atoms with Gasteiger partial charge in [0.25, 0.3) is 0 Å². The van der Waals surface area contributed by atoms with Crippen molar-refractivity contribution in [3.63, 3.8) is 0 Å². The fraction of sp³-hybridized carbons (Fsp3) is 0.381. The van der Waals surface area contributed by atoms with E-state index in [1.54, 1.807) is 0 Å². The van der Waals surface area contributed by atoms with Crippen LogP contribution in [0.1, 0.15) is 18.5 Å². The third-order valence-electron chi connectivity index (χ3n) is 4.82. The first-order valence-electron chi connectivity index (χ1n) is 9.29. The van der Waals surface area contributed by atoms with Gasteiger partial charge in [-0.05, 0) is 19.1 Å². The van der Waals surface area contributed by atoms with E-state index in [0.717, 1.165) is 31.2 Å². The van der Waals surface area contributed by atoms with Crippen LogP contribution in [0.15, 0.2) is 59.5 Å². The summed E-state index contributed by atoms with van der Waals surface area (Å²) in [4.78, 5) is 14.9. The summed E-state index contributed by atoms with van der Waals surface area (Å²) in [7, 11) is 0. The van der Waals surface area contributed by atoms with E-state index in [1.165, 1.54) is 22.2 Å². The molecule has 0 aromatic heterocycles. The lowest BCUT2D eigenvalue weighted by atomic mass is 9.98. The lowest BCUT2D eigenvalue weighted by molar-refractivity contribution is -0.940. The van der Waals surface area contributed by atoms with Crippen LogP contribution in [0.3, 0.4) is 0 Å². The van der Waals surface area contributed by atoms with Crippen LogP contribution in [0.2, 0.25) is 5.02 Å². The number of halogens is 1. The number of carbonyl (C=O) groups excluding carboxylic acids is 1. The molecule has 1 fully saturated rings. The molecule has 27 heavy (non-hydrogen) atoms. The number of amides is 1. The lowest BCUT2D eigenvalue weighted by Gasteiger charge is -2.35. The van der Waals surface area contributed by atoms with E-state index in [0.29, 0.717) is 10.8 Å². The molecule has 0 spiro atoms. The summed E-state index contributed by atoms with van der Waals surface area (Å²) >= 11 is 7.65. The number of nitrogens with one attached hydrogen (secondary N) is 2. The van der Waals surface area contributed by atoms with Gasteiger partial charge in [-0.2, -0.15) is 0 Å². The van der Waals surface area contributed by atoms with Gasteiger partial charge in [-0.1, -0.05) is 54.1 Å². The van der Waals surface area contributed by atoms with E-state index in [9.17, 15) is 4.79 Å². The fourth-order valence-corrected chi connectivity index (χ4v) is 4.62. The third-order valence-corrected chi connectivity index (χ3v) is 6.33. The number of ether oxygens (including phenoxy) is 1. The summed E-state index contributed by atoms with van der Waals surface area (Å²) < 4.78 is 5.52. The molecule has 1 amide bonds. The van der Waals surface area contributed by atoms with E-state index in [2.05, 4.69) is 36.5 Å². The zero-order valence-electron chi connectivity index (χ0n) is 15.5. The lowest BCUT2D eigenvalue weighted by Crippen LogP contribution is -3.15. The largest absolute Gasteiger partial charge is 0.370 e. The molecule has 144 valence electrons. The highest BCUT2D eigenvalue weighted by Gasteiger charge is 2.32. The van der Waals surface area contributed by atoms with Crippen molar-refractivity contribution in [1.29, 1.82) is 0 Å². The quantitative estimate of drug-likeness (QED) is 0.696. The molecule has 0 radical (unpaired) electrons. The van der Waals surface area contributed by atoms with Crippen molar-refractivity contribution in [2.45, 2.75) is 23.9 Å². The van der Waals surface area contributed by atoms with E-state index >= 15 is 0 Å². The van der Waals surface area contributed by atoms with Gasteiger partial charge in [-0.25, -0.2) is 0 Å². The summed E-state index contributed by atoms with van der Waals surface area (Å²) in [5.41, 5.74) is 1.25. The molecule has 0 aliphatic carbocycles. The molecule has 6 heteroatoms. The van der Waals surface area contributed by atoms with Gasteiger partial charge in [0.2, 0.25) is 5.91 Å². The molecule has 0 bridgehead atoms. The molecule has 0 saturated carbocycles. The second-order valence-corrected chi connectivity index (χ2v) is 8.16. The van der Waals surface area contributed by atoms with Crippen molar-refractivity contribution in [2.24, 2.45) is 0 Å². The number of morpholine rings is 1. The van der Waals surface area contributed by atoms with Crippen molar-refractivity contribution in [3.8, 4) is 0 Å². The van der Waals surface area contributed by atoms with Gasteiger partial charge in [0, 0.05) is 10.5 Å². The normalized spacial score (nSPS) is 17.3. The van der Waals surface area contributed by atoms with Gasteiger partial charge in [0.15, 0.2) is 0 Å². The predicted molar refractivity (Wildman–Crippen MR) is 110 cm³/mol. The van der Waals surface area contributed by atoms with E-state index in [-0.39, 0.29) is 18.0 Å². The Kier molecular flexibility index (Phi) is 7.59. The fourth-order valence-electron chi connectivity index (χ4n) is 3.57. The predicted octanol–water partition coefficient (Wildman–Crippen LogP) is 2.59. The van der Waals surface area contributed by atoms with Gasteiger partial charge in [0.05, 0.1) is 30.0 Å². The average Bonchev–Trinajstić information content (AvgIpc) is 2.69. The SMILES string of the molecule is C[C@@H](NC(=O)CSc1ccccc1Cl)[C@@H](c1ccccc1)[NH+]1CCOCC1. The Morgan fingerprint density at radius 1 is 1.15 bits per heavy atom. The van der Waals surface area contributed by atoms with Gasteiger partial charge in [0.1, 0.15) is 19.1 Å². The zero-order valence-corrected chi connectivity index (χ0v) is 17.1. The maximum atomic E-state index is 12.5. The highest BCUT2D eigenvalue weighted by atomic mass is 35.5. The number of thioether (sulfide) groups is 1. The highest BCUT2D eigenvalue weighted by molar-refractivity contribution is 8.00. The van der Waals surface area contributed by atoms with Crippen LogP contribution in [0.4, 0.5) is 0 Å². The van der Waals surface area contributed by atoms with Gasteiger partial charge in [-0.3, -0.25) is 4.79 Å². The summed E-state index contributed by atoms with van der Waals surface area (Å²) in [6, 6.07) is 18.3. The number of carbonyl (C=O) groups is 1. The first-order valence-corrected chi connectivity index (χ1v) is 10.7. The van der Waals surface area contributed by atoms with Gasteiger partial charge in [-0.15, -0.1) is 11.8 Å². The molecule has 2 aromatic rings. The van der Waals surface area contributed by atoms with E-state index in [1.807, 2.05) is 30.3 Å². The number of hydrogen-bond acceptors (Lipinski definition) is 3. The molecule has 1 aliphatic rings. The first kappa shape index (κ1) is 20.2. The highest BCUT2D eigenvalue weighted by Crippen LogP contribution is 2.26. The topological polar surface area (TPSA) is 42.8 Å². The van der Waals surface area contributed by atoms with Crippen LogP contribution >= 0.6 is 23.4 Å². The Bertz CT molecular complexity index is 738. The number of quaternary nitrogens is 1. The number of benzene rings is 2. The molecule has 1 saturated heterocycles. The minimum atomic E-state index is 0.0276. The summed E-state index contributed by atoms with van der Waals surface area (Å²) in [5.74, 6) is 0.384. The summed E-state index contributed by atoms with van der Waals surface area (Å²) in [6.45, 7) is 5.53. The van der Waals surface area contributed by atoms with E-state index in [4.69, 9.17) is 16.3 Å². The molecule has 0 unspecified atom stereocenters. The molecular weight excluding hydrogens is 380 g/mol. The third kappa shape index (κ3) is 5.72. The van der Waals surface area contributed by atoms with Crippen LogP contribution in [0.25, 0.3) is 0 Å². The Labute approximate surface area is 170 Å². The minimum absolute atomic E-state index is 0.0276. The van der Waals surface area contributed by atoms with Crippen LogP contribution in [0, 0.1) is 0 Å². The van der Waals surface area contributed by atoms with Crippen molar-refractivity contribution in [1.82, 2.24) is 5.32 Å². The Morgan fingerprint density at radius 3 is 2.52 bits per heavy atom. The molecule has 1 heterocycles. The van der Waals surface area contributed by atoms with Crippen molar-refractivity contribution in [3.05, 3.63) is 65.2 Å². The number of rotatable bonds is 7. The average molecular weight is 406 g/mol. The maximum absolute atomic E-state index is 12.5. The maximum Gasteiger partial charge on any atom is 0.230 e. The van der Waals surface area contributed by atoms with Crippen molar-refractivity contribution in [2.75, 3.05) is 32.1 Å². The standard InChI is InChI=1S/C21H25ClN2O2S/c1-16(23-20(25)15-27-19-10-6-5-9-18(19)22)21(17-7-3-2-4-8-17)24-11-13-26-14-12-24/h2-10,16,21H,11-15H2,1H3,(H,23,25)/p+1/t16-,21+/m1/s1. The van der Waals surface area contributed by atoms with Crippen LogP contribution < -0.4 is 10.2 Å². The molecule has 2 atom stereocenters. The van der Waals surface area contributed by atoms with Crippen LogP contribution in [-0.4, -0.2) is 44.0 Å². The molecule has 3 rings (SSSR count). The molecular formula is C21H26ClN2O2S+. The summed E-state index contributed by atoms with van der Waals surface area (Å²) in [6.07, 6.45) is 0. The van der Waals surface area contributed by atoms with E-state index < -0.39 is 0 Å². The Balaban J connectivity index is 1.64. The Morgan fingerprint density at radius 2 is 1.81 bits per heavy atom. The van der Waals surface area contributed by atoms with Crippen LogP contribution in [-0.2, 0) is 9.53 Å². The first-order chi connectivity index (χ1) is 13.1. The van der Waals surface area contributed by atoms with Crippen molar-refractivity contribution >= 4 is 29.3 Å². The summed E-state index contributed by atoms with van der Waals surface area (Å²) in [5, 5.41) is 3.88. The molecule has 4 nitrogen and oxygen atoms in total. The second-order valence-electron chi connectivity index (χ2n) is 6.73. The molecule has 2 N–H and O–H groups in total. The van der Waals surface area contributed by atoms with Crippen LogP contribution in [0.5, 0.6) is 0 Å². The van der Waals surface area contributed by atoms with Gasteiger partial charge >= 0.3 is 0 Å². The second kappa shape index (κ2) is 10.1. The van der Waals surface area contributed by atoms with Crippen molar-refractivity contribution < 1.29 is 14.4 Å². The van der Waals surface area contributed by atoms with Gasteiger partial charge < -0.3 is 15.0 Å². The smallest absolute Gasteiger partial charge is 0.230 e. The minimum Gasteiger partial charge on any atom is -0.370 e.